The molecule has 264 valence electrons. The molecule has 5 aromatic rings. The van der Waals surface area contributed by atoms with Crippen molar-refractivity contribution in [3.8, 4) is 23.1 Å². The normalized spacial score (nSPS) is 13.1. The summed E-state index contributed by atoms with van der Waals surface area (Å²) >= 11 is 6.21. The average molecular weight is 725 g/mol. The second-order valence-electron chi connectivity index (χ2n) is 12.5. The van der Waals surface area contributed by atoms with Crippen molar-refractivity contribution in [1.29, 1.82) is 0 Å². The van der Waals surface area contributed by atoms with E-state index in [1.165, 1.54) is 16.7 Å². The van der Waals surface area contributed by atoms with Crippen molar-refractivity contribution in [2.45, 2.75) is 33.4 Å². The molecular formula is C42H43Cl2N3O4. The van der Waals surface area contributed by atoms with Gasteiger partial charge in [-0.1, -0.05) is 72.3 Å². The monoisotopic (exact) mass is 723 g/mol. The number of pyridine rings is 1. The molecule has 7 nitrogen and oxygen atoms in total. The summed E-state index contributed by atoms with van der Waals surface area (Å²) in [4.78, 5) is 21.7. The molecule has 0 saturated carbocycles. The zero-order valence-corrected chi connectivity index (χ0v) is 30.5. The molecule has 6 rings (SSSR count). The Morgan fingerprint density at radius 1 is 0.824 bits per heavy atom. The van der Waals surface area contributed by atoms with E-state index in [-0.39, 0.29) is 18.3 Å². The van der Waals surface area contributed by atoms with Gasteiger partial charge in [-0.05, 0) is 84.1 Å². The van der Waals surface area contributed by atoms with E-state index in [1.807, 2.05) is 78.6 Å². The number of halogens is 2. The standard InChI is InChI=1S/C42H42ClN3O4.ClH/c1-31-6-5-8-37(26-31)48-25-20-33-10-12-35(13-11-33)29-45-21-23-46(24-22-45)42(47)19-15-34-14-17-40(32(2)27-34)50-41-18-16-38(28-44-41)49-30-36-7-3-4-9-39(36)43;/h3-19,26-28H,20-25,29-30H2,1-2H3;1H. The van der Waals surface area contributed by atoms with Crippen molar-refractivity contribution in [3.63, 3.8) is 0 Å². The maximum Gasteiger partial charge on any atom is 0.246 e. The predicted molar refractivity (Wildman–Crippen MR) is 206 cm³/mol. The topological polar surface area (TPSA) is 64.1 Å². The van der Waals surface area contributed by atoms with Crippen molar-refractivity contribution in [3.05, 3.63) is 154 Å². The van der Waals surface area contributed by atoms with Crippen molar-refractivity contribution in [2.75, 3.05) is 32.8 Å². The third kappa shape index (κ3) is 11.1. The molecule has 0 atom stereocenters. The molecule has 0 bridgehead atoms. The quantitative estimate of drug-likeness (QED) is 0.113. The number of nitrogens with zero attached hydrogens (tertiary/aromatic N) is 3. The molecule has 0 spiro atoms. The van der Waals surface area contributed by atoms with Crippen LogP contribution in [0.15, 0.2) is 115 Å². The number of hydrogen-bond acceptors (Lipinski definition) is 6. The fourth-order valence-corrected chi connectivity index (χ4v) is 5.94. The Morgan fingerprint density at radius 3 is 2.33 bits per heavy atom. The highest BCUT2D eigenvalue weighted by Gasteiger charge is 2.19. The molecule has 51 heavy (non-hydrogen) atoms. The highest BCUT2D eigenvalue weighted by molar-refractivity contribution is 6.31. The van der Waals surface area contributed by atoms with Crippen LogP contribution < -0.4 is 14.2 Å². The summed E-state index contributed by atoms with van der Waals surface area (Å²) in [5, 5.41) is 0.669. The molecule has 1 aliphatic heterocycles. The number of ether oxygens (including phenoxy) is 3. The first-order chi connectivity index (χ1) is 24.4. The van der Waals surface area contributed by atoms with Gasteiger partial charge in [0.25, 0.3) is 0 Å². The Bertz CT molecular complexity index is 1910. The molecule has 0 radical (unpaired) electrons. The van der Waals surface area contributed by atoms with Crippen LogP contribution in [-0.4, -0.2) is 53.5 Å². The lowest BCUT2D eigenvalue weighted by Gasteiger charge is -2.34. The Balaban J connectivity index is 0.00000504. The zero-order chi connectivity index (χ0) is 34.7. The molecule has 1 fully saturated rings. The number of piperazine rings is 1. The maximum absolute atomic E-state index is 13.0. The molecule has 1 amide bonds. The highest BCUT2D eigenvalue weighted by Crippen LogP contribution is 2.27. The number of hydrogen-bond donors (Lipinski definition) is 0. The number of rotatable bonds is 13. The maximum atomic E-state index is 13.0. The van der Waals surface area contributed by atoms with Gasteiger partial charge in [-0.25, -0.2) is 4.98 Å². The first kappa shape index (κ1) is 37.4. The minimum absolute atomic E-state index is 0. The fourth-order valence-electron chi connectivity index (χ4n) is 5.75. The number of amides is 1. The average Bonchev–Trinajstić information content (AvgIpc) is 3.13. The minimum Gasteiger partial charge on any atom is -0.493 e. The second kappa shape index (κ2) is 18.4. The van der Waals surface area contributed by atoms with Crippen molar-refractivity contribution < 1.29 is 19.0 Å². The predicted octanol–water partition coefficient (Wildman–Crippen LogP) is 9.12. The minimum atomic E-state index is 0. The molecule has 2 heterocycles. The van der Waals surface area contributed by atoms with E-state index < -0.39 is 0 Å². The van der Waals surface area contributed by atoms with Gasteiger partial charge in [-0.15, -0.1) is 12.4 Å². The number of benzene rings is 4. The molecule has 9 heteroatoms. The van der Waals surface area contributed by atoms with Crippen LogP contribution in [0.3, 0.4) is 0 Å². The Hall–Kier alpha value is -4.82. The van der Waals surface area contributed by atoms with Crippen molar-refractivity contribution in [2.24, 2.45) is 0 Å². The number of aromatic nitrogens is 1. The van der Waals surface area contributed by atoms with Crippen LogP contribution in [0.2, 0.25) is 5.02 Å². The van der Waals surface area contributed by atoms with Gasteiger partial charge in [-0.2, -0.15) is 0 Å². The Kier molecular flexibility index (Phi) is 13.5. The molecule has 0 aliphatic carbocycles. The summed E-state index contributed by atoms with van der Waals surface area (Å²) in [5.41, 5.74) is 6.53. The van der Waals surface area contributed by atoms with E-state index in [1.54, 1.807) is 18.3 Å². The highest BCUT2D eigenvalue weighted by atomic mass is 35.5. The van der Waals surface area contributed by atoms with Crippen LogP contribution in [0, 0.1) is 13.8 Å². The summed E-state index contributed by atoms with van der Waals surface area (Å²) in [7, 11) is 0. The third-order valence-electron chi connectivity index (χ3n) is 8.66. The van der Waals surface area contributed by atoms with Crippen LogP contribution in [0.1, 0.15) is 33.4 Å². The van der Waals surface area contributed by atoms with Gasteiger partial charge in [0, 0.05) is 61.9 Å². The smallest absolute Gasteiger partial charge is 0.246 e. The molecule has 4 aromatic carbocycles. The van der Waals surface area contributed by atoms with Gasteiger partial charge < -0.3 is 19.1 Å². The zero-order valence-electron chi connectivity index (χ0n) is 29.0. The molecule has 1 aliphatic rings. The van der Waals surface area contributed by atoms with Gasteiger partial charge >= 0.3 is 0 Å². The lowest BCUT2D eigenvalue weighted by atomic mass is 10.1. The van der Waals surface area contributed by atoms with Gasteiger partial charge in [0.2, 0.25) is 11.8 Å². The van der Waals surface area contributed by atoms with E-state index in [4.69, 9.17) is 25.8 Å². The number of carbonyl (C=O) groups excluding carboxylic acids is 1. The molecular weight excluding hydrogens is 681 g/mol. The summed E-state index contributed by atoms with van der Waals surface area (Å²) in [5.74, 6) is 2.74. The van der Waals surface area contributed by atoms with E-state index in [9.17, 15) is 4.79 Å². The second-order valence-corrected chi connectivity index (χ2v) is 12.9. The molecule has 0 unspecified atom stereocenters. The van der Waals surface area contributed by atoms with E-state index in [2.05, 4.69) is 53.2 Å². The van der Waals surface area contributed by atoms with Crippen LogP contribution in [0.4, 0.5) is 0 Å². The van der Waals surface area contributed by atoms with Crippen LogP contribution in [0.25, 0.3) is 6.08 Å². The van der Waals surface area contributed by atoms with Crippen LogP contribution >= 0.6 is 24.0 Å². The van der Waals surface area contributed by atoms with Gasteiger partial charge in [0.1, 0.15) is 23.9 Å². The summed E-state index contributed by atoms with van der Waals surface area (Å²) in [6.45, 7) is 9.05. The van der Waals surface area contributed by atoms with Gasteiger partial charge in [0.15, 0.2) is 0 Å². The SMILES string of the molecule is Cc1cccc(OCCc2ccc(CN3CCN(C(=O)C=Cc4ccc(Oc5ccc(OCc6ccccc6Cl)cn5)c(C)c4)CC3)cc2)c1.Cl. The summed E-state index contributed by atoms with van der Waals surface area (Å²) in [6, 6.07) is 33.9. The Labute approximate surface area is 311 Å². The van der Waals surface area contributed by atoms with Crippen molar-refractivity contribution in [1.82, 2.24) is 14.8 Å². The molecule has 0 N–H and O–H groups in total. The lowest BCUT2D eigenvalue weighted by Crippen LogP contribution is -2.47. The fraction of sp³-hybridized carbons (Fsp3) is 0.238. The van der Waals surface area contributed by atoms with Gasteiger partial charge in [0.05, 0.1) is 12.8 Å². The third-order valence-corrected chi connectivity index (χ3v) is 9.02. The first-order valence-electron chi connectivity index (χ1n) is 17.0. The molecule has 1 saturated heterocycles. The van der Waals surface area contributed by atoms with E-state index >= 15 is 0 Å². The van der Waals surface area contributed by atoms with Gasteiger partial charge in [-0.3, -0.25) is 9.69 Å². The summed E-state index contributed by atoms with van der Waals surface area (Å²) < 4.78 is 17.7. The van der Waals surface area contributed by atoms with E-state index in [0.717, 1.165) is 48.5 Å². The summed E-state index contributed by atoms with van der Waals surface area (Å²) in [6.07, 6.45) is 6.03. The van der Waals surface area contributed by atoms with Crippen molar-refractivity contribution >= 4 is 36.0 Å². The van der Waals surface area contributed by atoms with Crippen LogP contribution in [-0.2, 0) is 24.4 Å². The largest absolute Gasteiger partial charge is 0.493 e. The Morgan fingerprint density at radius 2 is 1.61 bits per heavy atom. The number of carbonyl (C=O) groups is 1. The molecule has 1 aromatic heterocycles. The van der Waals surface area contributed by atoms with Crippen LogP contribution in [0.5, 0.6) is 23.1 Å². The van der Waals surface area contributed by atoms with E-state index in [0.29, 0.717) is 48.7 Å². The first-order valence-corrected chi connectivity index (χ1v) is 17.3. The lowest BCUT2D eigenvalue weighted by molar-refractivity contribution is -0.127. The number of aryl methyl sites for hydroxylation is 2.